The van der Waals surface area contributed by atoms with Crippen molar-refractivity contribution in [2.24, 2.45) is 5.73 Å². The molecule has 21 heavy (non-hydrogen) atoms. The summed E-state index contributed by atoms with van der Waals surface area (Å²) >= 11 is 0. The third-order valence-electron chi connectivity index (χ3n) is 2.70. The third-order valence-corrected chi connectivity index (χ3v) is 2.70. The van der Waals surface area contributed by atoms with Gasteiger partial charge in [-0.05, 0) is 24.3 Å². The molecule has 0 aliphatic rings. The molecule has 0 aliphatic heterocycles. The maximum absolute atomic E-state index is 13.7. The summed E-state index contributed by atoms with van der Waals surface area (Å²) in [6.07, 6.45) is 0. The lowest BCUT2D eigenvalue weighted by Gasteiger charge is -2.09. The van der Waals surface area contributed by atoms with Crippen LogP contribution in [-0.4, -0.2) is 17.0 Å². The Kier molecular flexibility index (Phi) is 3.75. The van der Waals surface area contributed by atoms with Crippen LogP contribution >= 0.6 is 0 Å². The third kappa shape index (κ3) is 3.08. The van der Waals surface area contributed by atoms with Gasteiger partial charge in [0.15, 0.2) is 11.6 Å². The fourth-order valence-electron chi connectivity index (χ4n) is 1.65. The summed E-state index contributed by atoms with van der Waals surface area (Å²) in [5.74, 6) is -2.75. The minimum absolute atomic E-state index is 0.198. The van der Waals surface area contributed by atoms with Gasteiger partial charge >= 0.3 is 5.97 Å². The topological polar surface area (TPSA) is 116 Å². The van der Waals surface area contributed by atoms with Crippen LogP contribution < -0.4 is 16.2 Å². The van der Waals surface area contributed by atoms with Gasteiger partial charge in [0.1, 0.15) is 5.75 Å². The molecule has 0 aliphatic carbocycles. The molecule has 0 unspecified atom stereocenters. The van der Waals surface area contributed by atoms with Gasteiger partial charge in [0.25, 0.3) is 0 Å². The Labute approximate surface area is 118 Å². The van der Waals surface area contributed by atoms with E-state index in [1.807, 2.05) is 0 Å². The van der Waals surface area contributed by atoms with Gasteiger partial charge in [0.2, 0.25) is 5.91 Å². The van der Waals surface area contributed by atoms with Crippen molar-refractivity contribution in [1.29, 1.82) is 0 Å². The largest absolute Gasteiger partial charge is 0.478 e. The molecule has 0 fully saturated rings. The van der Waals surface area contributed by atoms with Gasteiger partial charge in [-0.3, -0.25) is 4.79 Å². The van der Waals surface area contributed by atoms with E-state index in [1.165, 1.54) is 24.3 Å². The molecule has 0 saturated carbocycles. The van der Waals surface area contributed by atoms with Crippen LogP contribution in [0.2, 0.25) is 0 Å². The van der Waals surface area contributed by atoms with Crippen LogP contribution in [0.3, 0.4) is 0 Å². The van der Waals surface area contributed by atoms with Crippen molar-refractivity contribution in [2.75, 3.05) is 5.73 Å². The van der Waals surface area contributed by atoms with E-state index >= 15 is 0 Å². The van der Waals surface area contributed by atoms with Crippen LogP contribution in [-0.2, 0) is 0 Å². The SMILES string of the molecule is NC(=O)c1ccc(Oc2cc(C(=O)O)c(N)cc2F)cc1. The lowest BCUT2D eigenvalue weighted by Crippen LogP contribution is -2.10. The molecule has 5 N–H and O–H groups in total. The maximum atomic E-state index is 13.7. The summed E-state index contributed by atoms with van der Waals surface area (Å²) in [6.45, 7) is 0. The number of carboxylic acids is 1. The van der Waals surface area contributed by atoms with Gasteiger partial charge < -0.3 is 21.3 Å². The van der Waals surface area contributed by atoms with Gasteiger partial charge in [-0.15, -0.1) is 0 Å². The number of aromatic carboxylic acids is 1. The second-order valence-corrected chi connectivity index (χ2v) is 4.17. The second-order valence-electron chi connectivity index (χ2n) is 4.17. The number of benzene rings is 2. The van der Waals surface area contributed by atoms with Gasteiger partial charge in [-0.2, -0.15) is 0 Å². The van der Waals surface area contributed by atoms with Crippen molar-refractivity contribution >= 4 is 17.6 Å². The molecule has 0 atom stereocenters. The zero-order chi connectivity index (χ0) is 15.6. The Balaban J connectivity index is 2.32. The molecule has 0 saturated heterocycles. The lowest BCUT2D eigenvalue weighted by molar-refractivity contribution is 0.0697. The normalized spacial score (nSPS) is 10.1. The van der Waals surface area contributed by atoms with Crippen LogP contribution in [0.25, 0.3) is 0 Å². The zero-order valence-corrected chi connectivity index (χ0v) is 10.7. The second kappa shape index (κ2) is 5.49. The summed E-state index contributed by atoms with van der Waals surface area (Å²) in [4.78, 5) is 21.9. The van der Waals surface area contributed by atoms with E-state index in [0.717, 1.165) is 12.1 Å². The Hall–Kier alpha value is -3.09. The molecule has 2 rings (SSSR count). The average Bonchev–Trinajstić information content (AvgIpc) is 2.42. The molecule has 0 heterocycles. The molecule has 2 aromatic carbocycles. The molecular weight excluding hydrogens is 279 g/mol. The number of carboxylic acid groups (broad SMARTS) is 1. The molecule has 0 bridgehead atoms. The summed E-state index contributed by atoms with van der Waals surface area (Å²) in [5, 5.41) is 8.94. The standard InChI is InChI=1S/C14H11FN2O4/c15-10-6-11(16)9(14(19)20)5-12(10)21-8-3-1-7(2-4-8)13(17)18/h1-6H,16H2,(H2,17,18)(H,19,20). The Morgan fingerprint density at radius 1 is 1.14 bits per heavy atom. The lowest BCUT2D eigenvalue weighted by atomic mass is 10.1. The van der Waals surface area contributed by atoms with Crippen molar-refractivity contribution in [3.8, 4) is 11.5 Å². The van der Waals surface area contributed by atoms with E-state index in [0.29, 0.717) is 0 Å². The number of amides is 1. The number of hydrogen-bond acceptors (Lipinski definition) is 4. The number of anilines is 1. The van der Waals surface area contributed by atoms with Crippen molar-refractivity contribution in [3.63, 3.8) is 0 Å². The number of halogens is 1. The van der Waals surface area contributed by atoms with Crippen LogP contribution in [0.15, 0.2) is 36.4 Å². The maximum Gasteiger partial charge on any atom is 0.337 e. The number of nitrogens with two attached hydrogens (primary N) is 2. The van der Waals surface area contributed by atoms with Gasteiger partial charge in [0.05, 0.1) is 5.56 Å². The number of rotatable bonds is 4. The number of carbonyl (C=O) groups excluding carboxylic acids is 1. The minimum Gasteiger partial charge on any atom is -0.478 e. The molecule has 1 amide bonds. The molecule has 108 valence electrons. The first-order valence-corrected chi connectivity index (χ1v) is 5.78. The predicted octanol–water partition coefficient (Wildman–Crippen LogP) is 2.00. The Morgan fingerprint density at radius 2 is 1.76 bits per heavy atom. The molecule has 0 aromatic heterocycles. The van der Waals surface area contributed by atoms with Crippen molar-refractivity contribution < 1.29 is 23.8 Å². The summed E-state index contributed by atoms with van der Waals surface area (Å²) in [7, 11) is 0. The van der Waals surface area contributed by atoms with E-state index in [-0.39, 0.29) is 28.3 Å². The average molecular weight is 290 g/mol. The predicted molar refractivity (Wildman–Crippen MR) is 72.8 cm³/mol. The number of carbonyl (C=O) groups is 2. The van der Waals surface area contributed by atoms with Crippen molar-refractivity contribution in [3.05, 3.63) is 53.3 Å². The molecule has 7 heteroatoms. The van der Waals surface area contributed by atoms with Crippen LogP contribution in [0, 0.1) is 5.82 Å². The van der Waals surface area contributed by atoms with E-state index in [1.54, 1.807) is 0 Å². The molecule has 2 aromatic rings. The van der Waals surface area contributed by atoms with Gasteiger partial charge in [-0.1, -0.05) is 0 Å². The van der Waals surface area contributed by atoms with E-state index in [4.69, 9.17) is 21.3 Å². The quantitative estimate of drug-likeness (QED) is 0.745. The van der Waals surface area contributed by atoms with Gasteiger partial charge in [0, 0.05) is 23.4 Å². The first-order chi connectivity index (χ1) is 9.88. The van der Waals surface area contributed by atoms with E-state index < -0.39 is 17.7 Å². The molecule has 6 nitrogen and oxygen atoms in total. The zero-order valence-electron chi connectivity index (χ0n) is 10.7. The highest BCUT2D eigenvalue weighted by molar-refractivity contribution is 5.94. The summed E-state index contributed by atoms with van der Waals surface area (Å²) in [6, 6.07) is 7.51. The van der Waals surface area contributed by atoms with E-state index in [2.05, 4.69) is 0 Å². The fraction of sp³-hybridized carbons (Fsp3) is 0. The number of hydrogen-bond donors (Lipinski definition) is 3. The molecule has 0 spiro atoms. The first-order valence-electron chi connectivity index (χ1n) is 5.78. The van der Waals surface area contributed by atoms with Crippen LogP contribution in [0.1, 0.15) is 20.7 Å². The van der Waals surface area contributed by atoms with Gasteiger partial charge in [-0.25, -0.2) is 9.18 Å². The van der Waals surface area contributed by atoms with Crippen LogP contribution in [0.4, 0.5) is 10.1 Å². The van der Waals surface area contributed by atoms with Crippen molar-refractivity contribution in [2.45, 2.75) is 0 Å². The number of ether oxygens (including phenoxy) is 1. The highest BCUT2D eigenvalue weighted by Crippen LogP contribution is 2.28. The Morgan fingerprint density at radius 3 is 2.29 bits per heavy atom. The smallest absolute Gasteiger partial charge is 0.337 e. The summed E-state index contributed by atoms with van der Waals surface area (Å²) < 4.78 is 19.0. The first kappa shape index (κ1) is 14.3. The molecular formula is C14H11FN2O4. The highest BCUT2D eigenvalue weighted by Gasteiger charge is 2.15. The number of primary amides is 1. The van der Waals surface area contributed by atoms with Crippen LogP contribution in [0.5, 0.6) is 11.5 Å². The monoisotopic (exact) mass is 290 g/mol. The minimum atomic E-state index is -1.29. The highest BCUT2D eigenvalue weighted by atomic mass is 19.1. The Bertz CT molecular complexity index is 714. The number of nitrogen functional groups attached to an aromatic ring is 1. The fourth-order valence-corrected chi connectivity index (χ4v) is 1.65. The summed E-state index contributed by atoms with van der Waals surface area (Å²) in [5.41, 5.74) is 10.3. The molecule has 0 radical (unpaired) electrons. The van der Waals surface area contributed by atoms with E-state index in [9.17, 15) is 14.0 Å². The van der Waals surface area contributed by atoms with Crippen molar-refractivity contribution in [1.82, 2.24) is 0 Å².